The molecule has 0 aliphatic carbocycles. The number of hydrogen-bond donors (Lipinski definition) is 1. The quantitative estimate of drug-likeness (QED) is 0.589. The maximum Gasteiger partial charge on any atom is 0.294 e. The molecule has 4 rings (SSSR count). The SMILES string of the molecule is Cc1ccc(NC(=O)COc2ccccc2/C=C2/SC(=O)N(CC(=O)N3CCOCC3)C2=O)cc1. The van der Waals surface area contributed by atoms with Gasteiger partial charge in [-0.1, -0.05) is 35.9 Å². The summed E-state index contributed by atoms with van der Waals surface area (Å²) in [5, 5.41) is 2.26. The fourth-order valence-electron chi connectivity index (χ4n) is 3.53. The Morgan fingerprint density at radius 2 is 1.80 bits per heavy atom. The van der Waals surface area contributed by atoms with E-state index in [-0.39, 0.29) is 29.9 Å². The molecule has 0 bridgehead atoms. The average molecular weight is 496 g/mol. The summed E-state index contributed by atoms with van der Waals surface area (Å²) >= 11 is 0.770. The highest BCUT2D eigenvalue weighted by Crippen LogP contribution is 2.34. The minimum Gasteiger partial charge on any atom is -0.483 e. The monoisotopic (exact) mass is 495 g/mol. The van der Waals surface area contributed by atoms with Crippen LogP contribution in [0.25, 0.3) is 6.08 Å². The molecule has 0 aromatic heterocycles. The summed E-state index contributed by atoms with van der Waals surface area (Å²) in [6.07, 6.45) is 1.54. The van der Waals surface area contributed by atoms with Gasteiger partial charge in [0.25, 0.3) is 17.1 Å². The van der Waals surface area contributed by atoms with E-state index in [4.69, 9.17) is 9.47 Å². The zero-order valence-electron chi connectivity index (χ0n) is 19.2. The largest absolute Gasteiger partial charge is 0.483 e. The van der Waals surface area contributed by atoms with Crippen LogP contribution in [0, 0.1) is 6.92 Å². The third kappa shape index (κ3) is 6.28. The lowest BCUT2D eigenvalue weighted by Crippen LogP contribution is -2.46. The normalized spacial score (nSPS) is 17.1. The molecular formula is C25H25N3O6S. The lowest BCUT2D eigenvalue weighted by Gasteiger charge is -2.28. The van der Waals surface area contributed by atoms with E-state index in [2.05, 4.69) is 5.32 Å². The number of para-hydroxylation sites is 1. The van der Waals surface area contributed by atoms with Crippen molar-refractivity contribution in [3.05, 3.63) is 64.6 Å². The van der Waals surface area contributed by atoms with E-state index in [1.165, 1.54) is 6.08 Å². The Labute approximate surface area is 207 Å². The number of anilines is 1. The van der Waals surface area contributed by atoms with Crippen molar-refractivity contribution in [2.75, 3.05) is 44.8 Å². The number of imide groups is 1. The van der Waals surface area contributed by atoms with Crippen LogP contribution in [0.15, 0.2) is 53.4 Å². The van der Waals surface area contributed by atoms with Gasteiger partial charge in [0.15, 0.2) is 6.61 Å². The van der Waals surface area contributed by atoms with E-state index in [9.17, 15) is 19.2 Å². The zero-order chi connectivity index (χ0) is 24.8. The first kappa shape index (κ1) is 24.5. The van der Waals surface area contributed by atoms with Gasteiger partial charge in [-0.15, -0.1) is 0 Å². The molecule has 2 aromatic rings. The maximum atomic E-state index is 12.9. The summed E-state index contributed by atoms with van der Waals surface area (Å²) in [6, 6.07) is 14.3. The number of carbonyl (C=O) groups excluding carboxylic acids is 4. The Morgan fingerprint density at radius 3 is 2.54 bits per heavy atom. The fraction of sp³-hybridized carbons (Fsp3) is 0.280. The predicted molar refractivity (Wildman–Crippen MR) is 132 cm³/mol. The molecule has 0 spiro atoms. The molecule has 2 aromatic carbocycles. The Hall–Kier alpha value is -3.63. The fourth-order valence-corrected chi connectivity index (χ4v) is 4.36. The van der Waals surface area contributed by atoms with Crippen LogP contribution in [0.2, 0.25) is 0 Å². The highest BCUT2D eigenvalue weighted by Gasteiger charge is 2.37. The molecule has 9 nitrogen and oxygen atoms in total. The van der Waals surface area contributed by atoms with Crippen LogP contribution in [0.4, 0.5) is 10.5 Å². The van der Waals surface area contributed by atoms with Crippen molar-refractivity contribution < 1.29 is 28.7 Å². The summed E-state index contributed by atoms with van der Waals surface area (Å²) in [5.41, 5.74) is 2.29. The van der Waals surface area contributed by atoms with Crippen LogP contribution in [0.5, 0.6) is 5.75 Å². The summed E-state index contributed by atoms with van der Waals surface area (Å²) < 4.78 is 10.9. The van der Waals surface area contributed by atoms with E-state index >= 15 is 0 Å². The van der Waals surface area contributed by atoms with Crippen molar-refractivity contribution >= 4 is 46.5 Å². The number of aryl methyl sites for hydroxylation is 1. The number of ether oxygens (including phenoxy) is 2. The summed E-state index contributed by atoms with van der Waals surface area (Å²) in [5.74, 6) is -0.762. The smallest absolute Gasteiger partial charge is 0.294 e. The van der Waals surface area contributed by atoms with Crippen molar-refractivity contribution in [2.24, 2.45) is 0 Å². The van der Waals surface area contributed by atoms with Crippen LogP contribution < -0.4 is 10.1 Å². The van der Waals surface area contributed by atoms with E-state index in [1.54, 1.807) is 41.3 Å². The van der Waals surface area contributed by atoms with Crippen molar-refractivity contribution in [3.8, 4) is 5.75 Å². The van der Waals surface area contributed by atoms with E-state index in [1.807, 2.05) is 19.1 Å². The summed E-state index contributed by atoms with van der Waals surface area (Å²) in [6.45, 7) is 3.18. The first-order chi connectivity index (χ1) is 16.9. The molecule has 2 fully saturated rings. The van der Waals surface area contributed by atoms with Gasteiger partial charge in [0, 0.05) is 24.3 Å². The minimum absolute atomic E-state index is 0.185. The molecule has 0 atom stereocenters. The Morgan fingerprint density at radius 1 is 1.09 bits per heavy atom. The molecule has 1 N–H and O–H groups in total. The summed E-state index contributed by atoms with van der Waals surface area (Å²) in [4.78, 5) is 52.8. The second-order valence-electron chi connectivity index (χ2n) is 8.00. The Bertz CT molecular complexity index is 1160. The molecule has 182 valence electrons. The van der Waals surface area contributed by atoms with E-state index in [0.29, 0.717) is 43.3 Å². The molecular weight excluding hydrogens is 470 g/mol. The van der Waals surface area contributed by atoms with Crippen LogP contribution in [0.3, 0.4) is 0 Å². The van der Waals surface area contributed by atoms with Gasteiger partial charge >= 0.3 is 0 Å². The molecule has 2 aliphatic rings. The first-order valence-electron chi connectivity index (χ1n) is 11.1. The zero-order valence-corrected chi connectivity index (χ0v) is 20.0. The topological polar surface area (TPSA) is 105 Å². The van der Waals surface area contributed by atoms with Gasteiger partial charge in [0.2, 0.25) is 5.91 Å². The van der Waals surface area contributed by atoms with Gasteiger partial charge in [0.1, 0.15) is 12.3 Å². The van der Waals surface area contributed by atoms with Crippen molar-refractivity contribution in [1.82, 2.24) is 9.80 Å². The van der Waals surface area contributed by atoms with E-state index in [0.717, 1.165) is 22.2 Å². The van der Waals surface area contributed by atoms with Gasteiger partial charge < -0.3 is 19.7 Å². The van der Waals surface area contributed by atoms with Gasteiger partial charge in [-0.3, -0.25) is 24.1 Å². The standard InChI is InChI=1S/C25H25N3O6S/c1-17-6-8-19(9-7-17)26-22(29)16-34-20-5-3-2-4-18(20)14-21-24(31)28(25(32)35-21)15-23(30)27-10-12-33-13-11-27/h2-9,14H,10-13,15-16H2,1H3,(H,26,29)/b21-14+. The van der Waals surface area contributed by atoms with E-state index < -0.39 is 11.1 Å². The number of hydrogen-bond acceptors (Lipinski definition) is 7. The number of nitrogens with one attached hydrogen (secondary N) is 1. The first-order valence-corrected chi connectivity index (χ1v) is 11.9. The number of thioether (sulfide) groups is 1. The third-order valence-corrected chi connectivity index (χ3v) is 6.34. The van der Waals surface area contributed by atoms with Gasteiger partial charge in [-0.05, 0) is 43.0 Å². The van der Waals surface area contributed by atoms with Crippen molar-refractivity contribution in [3.63, 3.8) is 0 Å². The number of benzene rings is 2. The van der Waals surface area contributed by atoms with Gasteiger partial charge in [-0.2, -0.15) is 0 Å². The number of morpholine rings is 1. The highest BCUT2D eigenvalue weighted by molar-refractivity contribution is 8.18. The molecule has 2 aliphatic heterocycles. The number of carbonyl (C=O) groups is 4. The molecule has 4 amide bonds. The van der Waals surface area contributed by atoms with Crippen molar-refractivity contribution in [1.29, 1.82) is 0 Å². The molecule has 10 heteroatoms. The number of rotatable bonds is 7. The van der Waals surface area contributed by atoms with Gasteiger partial charge in [-0.25, -0.2) is 0 Å². The third-order valence-electron chi connectivity index (χ3n) is 5.43. The molecule has 2 heterocycles. The molecule has 0 radical (unpaired) electrons. The molecule has 0 saturated carbocycles. The predicted octanol–water partition coefficient (Wildman–Crippen LogP) is 2.91. The molecule has 0 unspecified atom stereocenters. The van der Waals surface area contributed by atoms with Crippen LogP contribution in [-0.2, 0) is 19.1 Å². The summed E-state index contributed by atoms with van der Waals surface area (Å²) in [7, 11) is 0. The maximum absolute atomic E-state index is 12.9. The Kier molecular flexibility index (Phi) is 7.84. The lowest BCUT2D eigenvalue weighted by atomic mass is 10.2. The van der Waals surface area contributed by atoms with Crippen molar-refractivity contribution in [2.45, 2.75) is 6.92 Å². The second-order valence-corrected chi connectivity index (χ2v) is 8.99. The van der Waals surface area contributed by atoms with Crippen LogP contribution in [0.1, 0.15) is 11.1 Å². The molecule has 35 heavy (non-hydrogen) atoms. The number of amides is 4. The molecule has 2 saturated heterocycles. The minimum atomic E-state index is -0.534. The van der Waals surface area contributed by atoms with Gasteiger partial charge in [0.05, 0.1) is 18.1 Å². The second kappa shape index (κ2) is 11.2. The average Bonchev–Trinajstić information content (AvgIpc) is 3.12. The highest BCUT2D eigenvalue weighted by atomic mass is 32.2. The van der Waals surface area contributed by atoms with Crippen LogP contribution >= 0.6 is 11.8 Å². The Balaban J connectivity index is 1.39. The lowest BCUT2D eigenvalue weighted by molar-refractivity contribution is -0.139. The number of nitrogens with zero attached hydrogens (tertiary/aromatic N) is 2. The van der Waals surface area contributed by atoms with Crippen LogP contribution in [-0.4, -0.2) is 72.2 Å².